The van der Waals surface area contributed by atoms with Gasteiger partial charge in [-0.05, 0) is 41.6 Å². The minimum absolute atomic E-state index is 0.225. The second-order valence-electron chi connectivity index (χ2n) is 4.49. The first kappa shape index (κ1) is 13.2. The predicted molar refractivity (Wildman–Crippen MR) is 73.7 cm³/mol. The molecular formula is C12H17BrN2OS. The van der Waals surface area contributed by atoms with E-state index in [4.69, 9.17) is 17.0 Å². The summed E-state index contributed by atoms with van der Waals surface area (Å²) in [5, 5.41) is 0. The Bertz CT molecular complexity index is 463. The molecule has 3 nitrogen and oxygen atoms in total. The topological polar surface area (TPSA) is 37.9 Å². The van der Waals surface area contributed by atoms with Crippen molar-refractivity contribution in [3.63, 3.8) is 0 Å². The monoisotopic (exact) mass is 316 g/mol. The number of rotatable bonds is 4. The van der Waals surface area contributed by atoms with Crippen molar-refractivity contribution in [3.05, 3.63) is 20.6 Å². The number of methoxy groups -OCH3 is 1. The molecule has 0 amide bonds. The van der Waals surface area contributed by atoms with Gasteiger partial charge in [0, 0.05) is 12.8 Å². The van der Waals surface area contributed by atoms with Crippen molar-refractivity contribution in [1.29, 1.82) is 0 Å². The van der Waals surface area contributed by atoms with Crippen LogP contribution in [-0.4, -0.2) is 17.1 Å². The molecule has 0 radical (unpaired) electrons. The van der Waals surface area contributed by atoms with Gasteiger partial charge in [-0.3, -0.25) is 0 Å². The van der Waals surface area contributed by atoms with Crippen molar-refractivity contribution in [1.82, 2.24) is 9.97 Å². The summed E-state index contributed by atoms with van der Waals surface area (Å²) in [6, 6.07) is 0. The largest absolute Gasteiger partial charge is 0.370 e. The van der Waals surface area contributed by atoms with Gasteiger partial charge in [0.1, 0.15) is 16.1 Å². The number of aromatic amines is 1. The second-order valence-corrected chi connectivity index (χ2v) is 5.66. The lowest BCUT2D eigenvalue weighted by molar-refractivity contribution is -0.0849. The highest BCUT2D eigenvalue weighted by atomic mass is 79.9. The number of aromatic nitrogens is 2. The number of halogens is 1. The number of aryl methyl sites for hydroxylation is 1. The summed E-state index contributed by atoms with van der Waals surface area (Å²) < 4.78 is 7.18. The third-order valence-corrected chi connectivity index (χ3v) is 4.83. The average Bonchev–Trinajstić information content (AvgIpc) is 2.24. The van der Waals surface area contributed by atoms with Gasteiger partial charge in [-0.15, -0.1) is 0 Å². The molecule has 0 bridgehead atoms. The smallest absolute Gasteiger partial charge is 0.144 e. The van der Waals surface area contributed by atoms with Crippen molar-refractivity contribution >= 4 is 28.1 Å². The van der Waals surface area contributed by atoms with Gasteiger partial charge >= 0.3 is 0 Å². The van der Waals surface area contributed by atoms with Gasteiger partial charge in [-0.2, -0.15) is 0 Å². The number of hydrogen-bond donors (Lipinski definition) is 1. The number of ether oxygens (including phenoxy) is 1. The van der Waals surface area contributed by atoms with E-state index >= 15 is 0 Å². The molecule has 1 fully saturated rings. The zero-order valence-corrected chi connectivity index (χ0v) is 12.6. The molecule has 94 valence electrons. The van der Waals surface area contributed by atoms with Crippen molar-refractivity contribution in [2.45, 2.75) is 44.6 Å². The van der Waals surface area contributed by atoms with Crippen LogP contribution in [0, 0.1) is 4.64 Å². The maximum absolute atomic E-state index is 5.63. The quantitative estimate of drug-likeness (QED) is 0.857. The Kier molecular flexibility index (Phi) is 4.00. The molecular weight excluding hydrogens is 300 g/mol. The predicted octanol–water partition coefficient (Wildman–Crippen LogP) is 3.88. The number of nitrogens with one attached hydrogen (secondary N) is 1. The summed E-state index contributed by atoms with van der Waals surface area (Å²) in [6.45, 7) is 2.15. The molecule has 1 N–H and O–H groups in total. The normalized spacial score (nSPS) is 17.8. The molecule has 0 atom stereocenters. The lowest BCUT2D eigenvalue weighted by Gasteiger charge is -2.39. The SMILES string of the molecule is CCCc1[nH]c(C2(OC)CCC2)nc(=S)c1Br. The van der Waals surface area contributed by atoms with Gasteiger partial charge in [-0.25, -0.2) is 4.98 Å². The molecule has 0 aliphatic heterocycles. The highest BCUT2D eigenvalue weighted by molar-refractivity contribution is 9.10. The highest BCUT2D eigenvalue weighted by Gasteiger charge is 2.41. The van der Waals surface area contributed by atoms with E-state index in [9.17, 15) is 0 Å². The minimum atomic E-state index is -0.225. The molecule has 0 aromatic carbocycles. The molecule has 1 saturated carbocycles. The summed E-state index contributed by atoms with van der Waals surface area (Å²) in [4.78, 5) is 7.87. The van der Waals surface area contributed by atoms with E-state index in [1.165, 1.54) is 6.42 Å². The summed E-state index contributed by atoms with van der Waals surface area (Å²) in [6.07, 6.45) is 5.28. The Labute approximate surface area is 115 Å². The lowest BCUT2D eigenvalue weighted by atomic mass is 9.79. The molecule has 0 saturated heterocycles. The standard InChI is InChI=1S/C12H17BrN2OS/c1-3-5-8-9(13)10(17)15-11(14-8)12(16-2)6-4-7-12/h3-7H2,1-2H3,(H,14,15,17). The fourth-order valence-corrected chi connectivity index (χ4v) is 2.78. The minimum Gasteiger partial charge on any atom is -0.370 e. The van der Waals surface area contributed by atoms with Gasteiger partial charge in [0.15, 0.2) is 0 Å². The number of hydrogen-bond acceptors (Lipinski definition) is 3. The van der Waals surface area contributed by atoms with Crippen LogP contribution in [0.4, 0.5) is 0 Å². The van der Waals surface area contributed by atoms with Crippen molar-refractivity contribution < 1.29 is 4.74 Å². The molecule has 0 spiro atoms. The van der Waals surface area contributed by atoms with Gasteiger partial charge < -0.3 is 9.72 Å². The van der Waals surface area contributed by atoms with Crippen molar-refractivity contribution in [2.75, 3.05) is 7.11 Å². The van der Waals surface area contributed by atoms with Crippen LogP contribution >= 0.6 is 28.1 Å². The first-order chi connectivity index (χ1) is 8.13. The molecule has 1 aliphatic carbocycles. The molecule has 1 aromatic rings. The van der Waals surface area contributed by atoms with Crippen LogP contribution in [0.25, 0.3) is 0 Å². The van der Waals surface area contributed by atoms with Crippen LogP contribution in [0.3, 0.4) is 0 Å². The summed E-state index contributed by atoms with van der Waals surface area (Å²) in [7, 11) is 1.75. The highest BCUT2D eigenvalue weighted by Crippen LogP contribution is 2.42. The van der Waals surface area contributed by atoms with Crippen LogP contribution in [0.2, 0.25) is 0 Å². The molecule has 0 unspecified atom stereocenters. The van der Waals surface area contributed by atoms with Gasteiger partial charge in [-0.1, -0.05) is 25.6 Å². The van der Waals surface area contributed by atoms with E-state index in [1.807, 2.05) is 0 Å². The first-order valence-corrected chi connectivity index (χ1v) is 7.17. The van der Waals surface area contributed by atoms with E-state index in [1.54, 1.807) is 7.11 Å². The van der Waals surface area contributed by atoms with E-state index in [2.05, 4.69) is 32.8 Å². The summed E-state index contributed by atoms with van der Waals surface area (Å²) >= 11 is 8.80. The molecule has 1 heterocycles. The Hall–Kier alpha value is -0.260. The van der Waals surface area contributed by atoms with E-state index in [-0.39, 0.29) is 5.60 Å². The zero-order chi connectivity index (χ0) is 12.5. The van der Waals surface area contributed by atoms with E-state index < -0.39 is 0 Å². The van der Waals surface area contributed by atoms with Crippen LogP contribution in [0.5, 0.6) is 0 Å². The maximum Gasteiger partial charge on any atom is 0.144 e. The van der Waals surface area contributed by atoms with Crippen LogP contribution in [0.15, 0.2) is 4.47 Å². The Morgan fingerprint density at radius 3 is 2.71 bits per heavy atom. The first-order valence-electron chi connectivity index (χ1n) is 5.97. The van der Waals surface area contributed by atoms with E-state index in [0.29, 0.717) is 4.64 Å². The summed E-state index contributed by atoms with van der Waals surface area (Å²) in [5.74, 6) is 0.892. The third kappa shape index (κ3) is 2.33. The second kappa shape index (κ2) is 5.16. The zero-order valence-electron chi connectivity index (χ0n) is 10.2. The third-order valence-electron chi connectivity index (χ3n) is 3.42. The van der Waals surface area contributed by atoms with Crippen molar-refractivity contribution in [2.24, 2.45) is 0 Å². The van der Waals surface area contributed by atoms with Crippen molar-refractivity contribution in [3.8, 4) is 0 Å². The Morgan fingerprint density at radius 1 is 1.53 bits per heavy atom. The van der Waals surface area contributed by atoms with E-state index in [0.717, 1.165) is 41.7 Å². The number of nitrogens with zero attached hydrogens (tertiary/aromatic N) is 1. The fourth-order valence-electron chi connectivity index (χ4n) is 2.18. The van der Waals surface area contributed by atoms with Gasteiger partial charge in [0.05, 0.1) is 4.47 Å². The van der Waals surface area contributed by atoms with Gasteiger partial charge in [0.2, 0.25) is 0 Å². The van der Waals surface area contributed by atoms with Crippen LogP contribution in [-0.2, 0) is 16.8 Å². The molecule has 1 aliphatic rings. The van der Waals surface area contributed by atoms with Crippen LogP contribution in [0.1, 0.15) is 44.1 Å². The Morgan fingerprint density at radius 2 is 2.24 bits per heavy atom. The van der Waals surface area contributed by atoms with Crippen LogP contribution < -0.4 is 0 Å². The number of H-pyrrole nitrogens is 1. The molecule has 2 rings (SSSR count). The Balaban J connectivity index is 2.45. The van der Waals surface area contributed by atoms with Gasteiger partial charge in [0.25, 0.3) is 0 Å². The molecule has 17 heavy (non-hydrogen) atoms. The lowest BCUT2D eigenvalue weighted by Crippen LogP contribution is -2.38. The average molecular weight is 317 g/mol. The molecule has 1 aromatic heterocycles. The summed E-state index contributed by atoms with van der Waals surface area (Å²) in [5.41, 5.74) is 0.905. The maximum atomic E-state index is 5.63. The molecule has 5 heteroatoms. The fraction of sp³-hybridized carbons (Fsp3) is 0.667.